The minimum Gasteiger partial charge on any atom is -0.392 e. The third-order valence-corrected chi connectivity index (χ3v) is 4.30. The summed E-state index contributed by atoms with van der Waals surface area (Å²) in [4.78, 5) is 0. The zero-order valence-corrected chi connectivity index (χ0v) is 9.65. The topological polar surface area (TPSA) is 38.7 Å². The Morgan fingerprint density at radius 2 is 2.00 bits per heavy atom. The van der Waals surface area contributed by atoms with Gasteiger partial charge in [0.25, 0.3) is 0 Å². The van der Waals surface area contributed by atoms with Gasteiger partial charge < -0.3 is 14.6 Å². The molecule has 1 heterocycles. The van der Waals surface area contributed by atoms with E-state index in [1.807, 2.05) is 0 Å². The third kappa shape index (κ3) is 1.62. The van der Waals surface area contributed by atoms with Crippen LogP contribution in [0.25, 0.3) is 0 Å². The number of aliphatic hydroxyl groups is 1. The minimum absolute atomic E-state index is 0.146. The molecule has 0 bridgehead atoms. The van der Waals surface area contributed by atoms with E-state index in [4.69, 9.17) is 9.47 Å². The molecule has 3 atom stereocenters. The van der Waals surface area contributed by atoms with E-state index in [1.54, 1.807) is 0 Å². The van der Waals surface area contributed by atoms with Crippen LogP contribution in [0.15, 0.2) is 12.2 Å². The van der Waals surface area contributed by atoms with Crippen molar-refractivity contribution in [2.45, 2.75) is 44.0 Å². The van der Waals surface area contributed by atoms with Crippen LogP contribution in [-0.4, -0.2) is 30.2 Å². The van der Waals surface area contributed by atoms with Gasteiger partial charge in [0, 0.05) is 18.3 Å². The lowest BCUT2D eigenvalue weighted by atomic mass is 9.78. The Morgan fingerprint density at radius 3 is 2.62 bits per heavy atom. The minimum atomic E-state index is -0.472. The molecule has 2 aliphatic carbocycles. The molecule has 2 saturated carbocycles. The summed E-state index contributed by atoms with van der Waals surface area (Å²) in [6, 6.07) is 0. The third-order valence-electron chi connectivity index (χ3n) is 4.30. The molecule has 0 aromatic carbocycles. The highest BCUT2D eigenvalue weighted by Crippen LogP contribution is 2.49. The summed E-state index contributed by atoms with van der Waals surface area (Å²) in [6.45, 7) is 5.29. The average Bonchev–Trinajstić information content (AvgIpc) is 2.84. The molecule has 0 aromatic rings. The quantitative estimate of drug-likeness (QED) is 0.728. The molecule has 1 saturated heterocycles. The van der Waals surface area contributed by atoms with Gasteiger partial charge in [-0.25, -0.2) is 0 Å². The maximum atomic E-state index is 10.4. The second-order valence-electron chi connectivity index (χ2n) is 5.32. The summed E-state index contributed by atoms with van der Waals surface area (Å²) in [5, 5.41) is 10.4. The summed E-state index contributed by atoms with van der Waals surface area (Å²) in [6.07, 6.45) is 4.95. The van der Waals surface area contributed by atoms with E-state index in [1.165, 1.54) is 12.0 Å². The second-order valence-corrected chi connectivity index (χ2v) is 5.32. The Morgan fingerprint density at radius 1 is 1.31 bits per heavy atom. The molecule has 3 heteroatoms. The van der Waals surface area contributed by atoms with Crippen LogP contribution in [0.4, 0.5) is 0 Å². The van der Waals surface area contributed by atoms with Crippen LogP contribution in [-0.2, 0) is 9.47 Å². The van der Waals surface area contributed by atoms with E-state index in [2.05, 4.69) is 6.58 Å². The van der Waals surface area contributed by atoms with Crippen molar-refractivity contribution in [3.05, 3.63) is 12.2 Å². The first-order chi connectivity index (χ1) is 7.73. The van der Waals surface area contributed by atoms with Gasteiger partial charge in [0.05, 0.1) is 19.3 Å². The predicted molar refractivity (Wildman–Crippen MR) is 59.8 cm³/mol. The smallest absolute Gasteiger partial charge is 0.173 e. The molecule has 1 spiro atoms. The molecule has 3 aliphatic rings. The Bertz CT molecular complexity index is 294. The standard InChI is InChI=1S/C13H20O3/c1-9-8-10(9)12(14)11-4-2-3-5-13(11)15-6-7-16-13/h10-12,14H,1-8H2/t10-,11-,12+/m0/s1. The summed E-state index contributed by atoms with van der Waals surface area (Å²) in [5.74, 6) is -0.0265. The highest BCUT2D eigenvalue weighted by Gasteiger charge is 2.52. The zero-order chi connectivity index (χ0) is 11.2. The van der Waals surface area contributed by atoms with Crippen molar-refractivity contribution in [2.75, 3.05) is 13.2 Å². The zero-order valence-electron chi connectivity index (χ0n) is 9.65. The van der Waals surface area contributed by atoms with E-state index in [-0.39, 0.29) is 12.0 Å². The van der Waals surface area contributed by atoms with Gasteiger partial charge in [-0.2, -0.15) is 0 Å². The molecule has 0 amide bonds. The first-order valence-corrected chi connectivity index (χ1v) is 6.36. The molecule has 90 valence electrons. The Kier molecular flexibility index (Phi) is 2.57. The second kappa shape index (κ2) is 3.83. The first-order valence-electron chi connectivity index (χ1n) is 6.36. The highest BCUT2D eigenvalue weighted by atomic mass is 16.7. The van der Waals surface area contributed by atoms with Crippen molar-refractivity contribution < 1.29 is 14.6 Å². The van der Waals surface area contributed by atoms with Crippen LogP contribution >= 0.6 is 0 Å². The number of hydrogen-bond acceptors (Lipinski definition) is 3. The molecule has 1 aliphatic heterocycles. The number of rotatable bonds is 2. The van der Waals surface area contributed by atoms with Crippen molar-refractivity contribution in [1.29, 1.82) is 0 Å². The van der Waals surface area contributed by atoms with Crippen molar-refractivity contribution >= 4 is 0 Å². The fraction of sp³-hybridized carbons (Fsp3) is 0.846. The fourth-order valence-corrected chi connectivity index (χ4v) is 3.27. The first kappa shape index (κ1) is 10.8. The highest BCUT2D eigenvalue weighted by molar-refractivity contribution is 5.22. The van der Waals surface area contributed by atoms with Crippen molar-refractivity contribution in [2.24, 2.45) is 11.8 Å². The molecule has 3 rings (SSSR count). The van der Waals surface area contributed by atoms with Gasteiger partial charge >= 0.3 is 0 Å². The Balaban J connectivity index is 1.77. The van der Waals surface area contributed by atoms with Crippen LogP contribution in [0.2, 0.25) is 0 Å². The van der Waals surface area contributed by atoms with E-state index >= 15 is 0 Å². The molecule has 0 aromatic heterocycles. The molecule has 3 nitrogen and oxygen atoms in total. The molecular formula is C13H20O3. The number of ether oxygens (including phenoxy) is 2. The lowest BCUT2D eigenvalue weighted by Gasteiger charge is -2.41. The Labute approximate surface area is 96.4 Å². The summed E-state index contributed by atoms with van der Waals surface area (Å²) in [5.41, 5.74) is 1.19. The van der Waals surface area contributed by atoms with Gasteiger partial charge in [-0.3, -0.25) is 0 Å². The molecule has 3 fully saturated rings. The number of hydrogen-bond donors (Lipinski definition) is 1. The SMILES string of the molecule is C=C1C[C@@H]1[C@@H](O)[C@@H]1CCCCC12OCCO2. The van der Waals surface area contributed by atoms with Crippen LogP contribution in [0.5, 0.6) is 0 Å². The summed E-state index contributed by atoms with van der Waals surface area (Å²) < 4.78 is 11.6. The lowest BCUT2D eigenvalue weighted by molar-refractivity contribution is -0.234. The molecule has 1 N–H and O–H groups in total. The van der Waals surface area contributed by atoms with Gasteiger partial charge in [-0.1, -0.05) is 18.6 Å². The van der Waals surface area contributed by atoms with Crippen molar-refractivity contribution in [3.63, 3.8) is 0 Å². The molecule has 16 heavy (non-hydrogen) atoms. The van der Waals surface area contributed by atoms with Crippen molar-refractivity contribution in [1.82, 2.24) is 0 Å². The fourth-order valence-electron chi connectivity index (χ4n) is 3.27. The maximum absolute atomic E-state index is 10.4. The van der Waals surface area contributed by atoms with E-state index in [0.29, 0.717) is 19.1 Å². The van der Waals surface area contributed by atoms with Gasteiger partial charge in [0.1, 0.15) is 0 Å². The van der Waals surface area contributed by atoms with Gasteiger partial charge in [0.15, 0.2) is 5.79 Å². The van der Waals surface area contributed by atoms with Crippen molar-refractivity contribution in [3.8, 4) is 0 Å². The predicted octanol–water partition coefficient (Wildman–Crippen LogP) is 1.86. The summed E-state index contributed by atoms with van der Waals surface area (Å²) >= 11 is 0. The van der Waals surface area contributed by atoms with E-state index < -0.39 is 5.79 Å². The van der Waals surface area contributed by atoms with Crippen LogP contribution in [0, 0.1) is 11.8 Å². The summed E-state index contributed by atoms with van der Waals surface area (Å²) in [7, 11) is 0. The van der Waals surface area contributed by atoms with Crippen LogP contribution in [0.3, 0.4) is 0 Å². The van der Waals surface area contributed by atoms with Crippen LogP contribution in [0.1, 0.15) is 32.1 Å². The largest absolute Gasteiger partial charge is 0.392 e. The molecule has 0 radical (unpaired) electrons. The van der Waals surface area contributed by atoms with Gasteiger partial charge in [0.2, 0.25) is 0 Å². The molecule has 0 unspecified atom stereocenters. The van der Waals surface area contributed by atoms with Gasteiger partial charge in [-0.05, 0) is 19.3 Å². The molecular weight excluding hydrogens is 204 g/mol. The normalized spacial score (nSPS) is 38.9. The average molecular weight is 224 g/mol. The van der Waals surface area contributed by atoms with E-state index in [9.17, 15) is 5.11 Å². The van der Waals surface area contributed by atoms with E-state index in [0.717, 1.165) is 25.7 Å². The van der Waals surface area contributed by atoms with Crippen LogP contribution < -0.4 is 0 Å². The number of aliphatic hydroxyl groups excluding tert-OH is 1. The maximum Gasteiger partial charge on any atom is 0.173 e. The van der Waals surface area contributed by atoms with Gasteiger partial charge in [-0.15, -0.1) is 0 Å². The lowest BCUT2D eigenvalue weighted by Crippen LogP contribution is -2.48. The Hall–Kier alpha value is -0.380. The monoisotopic (exact) mass is 224 g/mol.